The van der Waals surface area contributed by atoms with E-state index in [0.717, 1.165) is 18.0 Å². The SMILES string of the molecule is CN(C)c1ncccc1O[C@H]1CCN(C(=O)Cn2cc(Cl)cn2)C1. The van der Waals surface area contributed by atoms with Crippen molar-refractivity contribution in [2.24, 2.45) is 0 Å². The van der Waals surface area contributed by atoms with Crippen molar-refractivity contribution in [2.75, 3.05) is 32.1 Å². The monoisotopic (exact) mass is 349 g/mol. The number of anilines is 1. The Morgan fingerprint density at radius 3 is 3.04 bits per heavy atom. The molecule has 128 valence electrons. The largest absolute Gasteiger partial charge is 0.485 e. The van der Waals surface area contributed by atoms with Crippen LogP contribution in [0.1, 0.15) is 6.42 Å². The molecule has 7 nitrogen and oxygen atoms in total. The first kappa shape index (κ1) is 16.6. The zero-order chi connectivity index (χ0) is 17.1. The van der Waals surface area contributed by atoms with Gasteiger partial charge >= 0.3 is 0 Å². The van der Waals surface area contributed by atoms with Crippen LogP contribution in [0.2, 0.25) is 5.02 Å². The van der Waals surface area contributed by atoms with E-state index in [0.29, 0.717) is 18.1 Å². The van der Waals surface area contributed by atoms with Gasteiger partial charge in [-0.2, -0.15) is 5.10 Å². The Kier molecular flexibility index (Phi) is 4.89. The van der Waals surface area contributed by atoms with Gasteiger partial charge in [-0.15, -0.1) is 0 Å². The highest BCUT2D eigenvalue weighted by Crippen LogP contribution is 2.26. The van der Waals surface area contributed by atoms with Gasteiger partial charge in [-0.3, -0.25) is 9.48 Å². The van der Waals surface area contributed by atoms with Gasteiger partial charge in [-0.25, -0.2) is 4.98 Å². The highest BCUT2D eigenvalue weighted by atomic mass is 35.5. The van der Waals surface area contributed by atoms with Crippen LogP contribution >= 0.6 is 11.6 Å². The summed E-state index contributed by atoms with van der Waals surface area (Å²) in [7, 11) is 3.85. The van der Waals surface area contributed by atoms with Crippen LogP contribution < -0.4 is 9.64 Å². The predicted octanol–water partition coefficient (Wildman–Crippen LogP) is 1.68. The van der Waals surface area contributed by atoms with Gasteiger partial charge in [0.15, 0.2) is 11.6 Å². The van der Waals surface area contributed by atoms with Crippen molar-refractivity contribution in [3.05, 3.63) is 35.7 Å². The number of amides is 1. The number of likely N-dealkylation sites (tertiary alicyclic amines) is 1. The molecule has 0 aliphatic carbocycles. The van der Waals surface area contributed by atoms with Crippen molar-refractivity contribution in [1.29, 1.82) is 0 Å². The van der Waals surface area contributed by atoms with Crippen LogP contribution in [-0.4, -0.2) is 58.9 Å². The van der Waals surface area contributed by atoms with E-state index in [4.69, 9.17) is 16.3 Å². The number of carbonyl (C=O) groups excluding carboxylic acids is 1. The molecule has 2 aromatic rings. The second kappa shape index (κ2) is 7.09. The van der Waals surface area contributed by atoms with Crippen molar-refractivity contribution in [3.8, 4) is 5.75 Å². The number of nitrogens with zero attached hydrogens (tertiary/aromatic N) is 5. The van der Waals surface area contributed by atoms with E-state index >= 15 is 0 Å². The number of carbonyl (C=O) groups is 1. The number of hydrogen-bond donors (Lipinski definition) is 0. The normalized spacial score (nSPS) is 17.1. The van der Waals surface area contributed by atoms with E-state index in [1.807, 2.05) is 31.1 Å². The van der Waals surface area contributed by atoms with Gasteiger partial charge in [0.05, 0.1) is 17.8 Å². The summed E-state index contributed by atoms with van der Waals surface area (Å²) in [6.07, 6.45) is 5.67. The Balaban J connectivity index is 1.58. The minimum Gasteiger partial charge on any atom is -0.485 e. The third-order valence-electron chi connectivity index (χ3n) is 3.86. The van der Waals surface area contributed by atoms with Crippen LogP contribution in [0.15, 0.2) is 30.7 Å². The van der Waals surface area contributed by atoms with E-state index in [-0.39, 0.29) is 18.6 Å². The fourth-order valence-corrected chi connectivity index (χ4v) is 2.86. The number of rotatable bonds is 5. The van der Waals surface area contributed by atoms with Gasteiger partial charge in [0.1, 0.15) is 12.6 Å². The molecule has 3 rings (SSSR count). The van der Waals surface area contributed by atoms with E-state index in [9.17, 15) is 4.79 Å². The van der Waals surface area contributed by atoms with Crippen LogP contribution in [0.3, 0.4) is 0 Å². The lowest BCUT2D eigenvalue weighted by atomic mass is 10.3. The zero-order valence-electron chi connectivity index (χ0n) is 13.7. The molecule has 24 heavy (non-hydrogen) atoms. The van der Waals surface area contributed by atoms with E-state index in [2.05, 4.69) is 10.1 Å². The van der Waals surface area contributed by atoms with Crippen LogP contribution in [0, 0.1) is 0 Å². The summed E-state index contributed by atoms with van der Waals surface area (Å²) in [6.45, 7) is 1.43. The molecule has 1 saturated heterocycles. The van der Waals surface area contributed by atoms with Crippen molar-refractivity contribution in [3.63, 3.8) is 0 Å². The Hall–Kier alpha value is -2.28. The zero-order valence-corrected chi connectivity index (χ0v) is 14.5. The van der Waals surface area contributed by atoms with E-state index in [1.165, 1.54) is 6.20 Å². The first-order chi connectivity index (χ1) is 11.5. The number of hydrogen-bond acceptors (Lipinski definition) is 5. The molecule has 1 amide bonds. The summed E-state index contributed by atoms with van der Waals surface area (Å²) in [5.41, 5.74) is 0. The molecule has 0 spiro atoms. The number of ether oxygens (including phenoxy) is 1. The Bertz CT molecular complexity index is 718. The topological polar surface area (TPSA) is 63.5 Å². The molecule has 0 N–H and O–H groups in total. The molecule has 1 aliphatic rings. The summed E-state index contributed by atoms with van der Waals surface area (Å²) < 4.78 is 7.61. The molecule has 8 heteroatoms. The maximum atomic E-state index is 12.3. The Morgan fingerprint density at radius 2 is 2.33 bits per heavy atom. The van der Waals surface area contributed by atoms with Gasteiger partial charge in [0, 0.05) is 39.5 Å². The van der Waals surface area contributed by atoms with Gasteiger partial charge in [0.25, 0.3) is 0 Å². The maximum absolute atomic E-state index is 12.3. The lowest BCUT2D eigenvalue weighted by molar-refractivity contribution is -0.131. The summed E-state index contributed by atoms with van der Waals surface area (Å²) in [5.74, 6) is 1.54. The molecule has 0 radical (unpaired) electrons. The Morgan fingerprint density at radius 1 is 1.50 bits per heavy atom. The average Bonchev–Trinajstić information content (AvgIpc) is 3.17. The third-order valence-corrected chi connectivity index (χ3v) is 4.06. The molecular formula is C16H20ClN5O2. The minimum atomic E-state index is -0.0296. The van der Waals surface area contributed by atoms with Crippen LogP contribution in [0.4, 0.5) is 5.82 Å². The second-order valence-electron chi connectivity index (χ2n) is 5.94. The quantitative estimate of drug-likeness (QED) is 0.821. The first-order valence-corrected chi connectivity index (χ1v) is 8.15. The predicted molar refractivity (Wildman–Crippen MR) is 91.4 cm³/mol. The Labute approximate surface area is 145 Å². The molecule has 2 aromatic heterocycles. The molecule has 1 atom stereocenters. The molecule has 0 unspecified atom stereocenters. The lowest BCUT2D eigenvalue weighted by Gasteiger charge is -2.20. The first-order valence-electron chi connectivity index (χ1n) is 7.77. The van der Waals surface area contributed by atoms with Crippen molar-refractivity contribution >= 4 is 23.3 Å². The molecule has 3 heterocycles. The van der Waals surface area contributed by atoms with Crippen molar-refractivity contribution < 1.29 is 9.53 Å². The second-order valence-corrected chi connectivity index (χ2v) is 6.38. The molecule has 1 fully saturated rings. The van der Waals surface area contributed by atoms with Crippen LogP contribution in [-0.2, 0) is 11.3 Å². The van der Waals surface area contributed by atoms with Gasteiger partial charge in [-0.05, 0) is 12.1 Å². The summed E-state index contributed by atoms with van der Waals surface area (Å²) in [6, 6.07) is 3.75. The third kappa shape index (κ3) is 3.79. The van der Waals surface area contributed by atoms with Crippen molar-refractivity contribution in [1.82, 2.24) is 19.7 Å². The summed E-state index contributed by atoms with van der Waals surface area (Å²) in [5, 5.41) is 4.56. The van der Waals surface area contributed by atoms with Crippen LogP contribution in [0.25, 0.3) is 0 Å². The summed E-state index contributed by atoms with van der Waals surface area (Å²) in [4.78, 5) is 20.4. The van der Waals surface area contributed by atoms with Gasteiger partial charge in [0.2, 0.25) is 5.91 Å². The van der Waals surface area contributed by atoms with Crippen LogP contribution in [0.5, 0.6) is 5.75 Å². The molecule has 0 aromatic carbocycles. The fraction of sp³-hybridized carbons (Fsp3) is 0.438. The highest BCUT2D eigenvalue weighted by Gasteiger charge is 2.28. The average molecular weight is 350 g/mol. The number of halogens is 1. The standard InChI is InChI=1S/C16H20ClN5O2/c1-20(2)16-14(4-3-6-18-16)24-13-5-7-21(10-13)15(23)11-22-9-12(17)8-19-22/h3-4,6,8-9,13H,5,7,10-11H2,1-2H3/t13-/m0/s1. The fourth-order valence-electron chi connectivity index (χ4n) is 2.70. The smallest absolute Gasteiger partial charge is 0.244 e. The molecule has 0 bridgehead atoms. The minimum absolute atomic E-state index is 0.0138. The van der Waals surface area contributed by atoms with Crippen molar-refractivity contribution in [2.45, 2.75) is 19.1 Å². The summed E-state index contributed by atoms with van der Waals surface area (Å²) >= 11 is 5.82. The number of aromatic nitrogens is 3. The van der Waals surface area contributed by atoms with Gasteiger partial charge in [-0.1, -0.05) is 11.6 Å². The van der Waals surface area contributed by atoms with E-state index in [1.54, 1.807) is 22.0 Å². The molecular weight excluding hydrogens is 330 g/mol. The lowest BCUT2D eigenvalue weighted by Crippen LogP contribution is -2.33. The molecule has 0 saturated carbocycles. The number of pyridine rings is 1. The highest BCUT2D eigenvalue weighted by molar-refractivity contribution is 6.30. The molecule has 1 aliphatic heterocycles. The van der Waals surface area contributed by atoms with E-state index < -0.39 is 0 Å². The maximum Gasteiger partial charge on any atom is 0.244 e. The van der Waals surface area contributed by atoms with Gasteiger partial charge < -0.3 is 14.5 Å².